The van der Waals surface area contributed by atoms with Gasteiger partial charge in [0.15, 0.2) is 0 Å². The van der Waals surface area contributed by atoms with Gasteiger partial charge in [0.05, 0.1) is 0 Å². The molecule has 3 N–H and O–H groups in total. The lowest BCUT2D eigenvalue weighted by Crippen LogP contribution is -2.42. The number of primary amides is 1. The van der Waals surface area contributed by atoms with Gasteiger partial charge in [-0.05, 0) is 37.5 Å². The van der Waals surface area contributed by atoms with Crippen LogP contribution in [0.2, 0.25) is 0 Å². The van der Waals surface area contributed by atoms with E-state index in [2.05, 4.69) is 5.32 Å². The van der Waals surface area contributed by atoms with Crippen LogP contribution in [0.3, 0.4) is 0 Å². The van der Waals surface area contributed by atoms with E-state index in [9.17, 15) is 13.8 Å². The summed E-state index contributed by atoms with van der Waals surface area (Å²) in [5.74, 6) is -0.428. The molecule has 2 rings (SSSR count). The molecule has 23 heavy (non-hydrogen) atoms. The molecule has 1 aliphatic carbocycles. The Morgan fingerprint density at radius 3 is 2.65 bits per heavy atom. The fraction of sp³-hybridized carbons (Fsp3) is 0.529. The van der Waals surface area contributed by atoms with Gasteiger partial charge in [0.1, 0.15) is 5.25 Å². The third-order valence-electron chi connectivity index (χ3n) is 4.24. The van der Waals surface area contributed by atoms with E-state index < -0.39 is 22.0 Å². The Labute approximate surface area is 139 Å². The van der Waals surface area contributed by atoms with E-state index in [1.54, 1.807) is 31.2 Å². The van der Waals surface area contributed by atoms with Gasteiger partial charge in [-0.15, -0.1) is 0 Å². The maximum Gasteiger partial charge on any atom is 0.248 e. The molecule has 1 aliphatic rings. The van der Waals surface area contributed by atoms with Crippen molar-refractivity contribution in [3.05, 3.63) is 35.4 Å². The van der Waals surface area contributed by atoms with Crippen LogP contribution >= 0.6 is 0 Å². The summed E-state index contributed by atoms with van der Waals surface area (Å²) in [7, 11) is -1.34. The second-order valence-corrected chi connectivity index (χ2v) is 7.83. The molecule has 6 heteroatoms. The number of rotatable bonds is 6. The highest BCUT2D eigenvalue weighted by atomic mass is 32.2. The van der Waals surface area contributed by atoms with Crippen molar-refractivity contribution >= 4 is 22.6 Å². The first kappa shape index (κ1) is 17.7. The standard InChI is InChI=1S/C17H24N2O3S/c1-12(17(21)19-15-8-3-2-4-9-15)23(22)11-13-6-5-7-14(10-13)16(18)20/h5-7,10,12,15H,2-4,8-9,11H2,1H3,(H2,18,20)(H,19,21). The molecule has 0 heterocycles. The Morgan fingerprint density at radius 2 is 2.00 bits per heavy atom. The molecule has 0 aliphatic heterocycles. The minimum Gasteiger partial charge on any atom is -0.366 e. The van der Waals surface area contributed by atoms with E-state index in [1.807, 2.05) is 0 Å². The highest BCUT2D eigenvalue weighted by Crippen LogP contribution is 2.18. The summed E-state index contributed by atoms with van der Waals surface area (Å²) in [6.07, 6.45) is 5.52. The Kier molecular flexibility index (Phi) is 6.33. The Balaban J connectivity index is 1.92. The molecule has 0 aromatic heterocycles. The Morgan fingerprint density at radius 1 is 1.30 bits per heavy atom. The highest BCUT2D eigenvalue weighted by Gasteiger charge is 2.23. The quantitative estimate of drug-likeness (QED) is 0.831. The van der Waals surface area contributed by atoms with Crippen LogP contribution in [0.5, 0.6) is 0 Å². The van der Waals surface area contributed by atoms with E-state index in [0.29, 0.717) is 5.56 Å². The van der Waals surface area contributed by atoms with Crippen molar-refractivity contribution in [2.75, 3.05) is 0 Å². The fourth-order valence-corrected chi connectivity index (χ4v) is 3.85. The monoisotopic (exact) mass is 336 g/mol. The summed E-state index contributed by atoms with van der Waals surface area (Å²) in [6, 6.07) is 6.96. The molecule has 0 bridgehead atoms. The van der Waals surface area contributed by atoms with Gasteiger partial charge >= 0.3 is 0 Å². The number of amides is 2. The van der Waals surface area contributed by atoms with Crippen LogP contribution < -0.4 is 11.1 Å². The average molecular weight is 336 g/mol. The van der Waals surface area contributed by atoms with Crippen molar-refractivity contribution in [3.63, 3.8) is 0 Å². The zero-order valence-corrected chi connectivity index (χ0v) is 14.2. The molecule has 2 unspecified atom stereocenters. The number of benzene rings is 1. The van der Waals surface area contributed by atoms with Crippen LogP contribution in [0.1, 0.15) is 54.9 Å². The van der Waals surface area contributed by atoms with Crippen LogP contribution in [-0.2, 0) is 21.3 Å². The molecule has 0 saturated heterocycles. The van der Waals surface area contributed by atoms with E-state index in [1.165, 1.54) is 6.42 Å². The third kappa shape index (κ3) is 5.16. The largest absolute Gasteiger partial charge is 0.366 e. The van der Waals surface area contributed by atoms with E-state index >= 15 is 0 Å². The first-order valence-electron chi connectivity index (χ1n) is 8.03. The van der Waals surface area contributed by atoms with Gasteiger partial charge in [-0.1, -0.05) is 31.4 Å². The van der Waals surface area contributed by atoms with Crippen LogP contribution in [-0.4, -0.2) is 27.3 Å². The molecule has 1 aromatic rings. The molecule has 0 radical (unpaired) electrons. The molecular formula is C17H24N2O3S. The second-order valence-electron chi connectivity index (χ2n) is 6.08. The third-order valence-corrected chi connectivity index (χ3v) is 5.86. The van der Waals surface area contributed by atoms with Crippen LogP contribution in [0.4, 0.5) is 0 Å². The maximum absolute atomic E-state index is 12.4. The summed E-state index contributed by atoms with van der Waals surface area (Å²) in [6.45, 7) is 1.69. The summed E-state index contributed by atoms with van der Waals surface area (Å²) >= 11 is 0. The molecule has 1 saturated carbocycles. The predicted octanol–water partition coefficient (Wildman–Crippen LogP) is 1.87. The molecule has 2 amide bonds. The van der Waals surface area contributed by atoms with Crippen LogP contribution in [0, 0.1) is 0 Å². The number of hydrogen-bond acceptors (Lipinski definition) is 3. The molecule has 1 aromatic carbocycles. The summed E-state index contributed by atoms with van der Waals surface area (Å²) in [5.41, 5.74) is 6.38. The maximum atomic E-state index is 12.4. The molecule has 1 fully saturated rings. The molecule has 2 atom stereocenters. The summed E-state index contributed by atoms with van der Waals surface area (Å²) < 4.78 is 12.4. The normalized spacial score (nSPS) is 18.1. The van der Waals surface area contributed by atoms with Gasteiger partial charge in [0.2, 0.25) is 11.8 Å². The summed E-state index contributed by atoms with van der Waals surface area (Å²) in [5, 5.41) is 2.43. The minimum absolute atomic E-state index is 0.152. The molecule has 126 valence electrons. The van der Waals surface area contributed by atoms with Gasteiger partial charge in [-0.25, -0.2) is 0 Å². The predicted molar refractivity (Wildman–Crippen MR) is 91.3 cm³/mol. The van der Waals surface area contributed by atoms with Crippen LogP contribution in [0.25, 0.3) is 0 Å². The highest BCUT2D eigenvalue weighted by molar-refractivity contribution is 7.85. The fourth-order valence-electron chi connectivity index (χ4n) is 2.79. The molecule has 0 spiro atoms. The van der Waals surface area contributed by atoms with Crippen molar-refractivity contribution in [3.8, 4) is 0 Å². The Bertz CT molecular complexity index is 597. The first-order valence-corrected chi connectivity index (χ1v) is 9.42. The smallest absolute Gasteiger partial charge is 0.248 e. The van der Waals surface area contributed by atoms with Crippen molar-refractivity contribution in [2.45, 2.75) is 56.1 Å². The number of nitrogens with one attached hydrogen (secondary N) is 1. The lowest BCUT2D eigenvalue weighted by molar-refractivity contribution is -0.121. The lowest BCUT2D eigenvalue weighted by atomic mass is 9.95. The average Bonchev–Trinajstić information content (AvgIpc) is 2.55. The zero-order valence-electron chi connectivity index (χ0n) is 13.4. The van der Waals surface area contributed by atoms with Gasteiger partial charge in [0.25, 0.3) is 0 Å². The van der Waals surface area contributed by atoms with Crippen molar-refractivity contribution in [2.24, 2.45) is 5.73 Å². The summed E-state index contributed by atoms with van der Waals surface area (Å²) in [4.78, 5) is 23.4. The van der Waals surface area contributed by atoms with E-state index in [4.69, 9.17) is 5.73 Å². The van der Waals surface area contributed by atoms with Crippen molar-refractivity contribution in [1.82, 2.24) is 5.32 Å². The van der Waals surface area contributed by atoms with E-state index in [0.717, 1.165) is 31.2 Å². The van der Waals surface area contributed by atoms with Gasteiger partial charge < -0.3 is 11.1 Å². The number of hydrogen-bond donors (Lipinski definition) is 2. The van der Waals surface area contributed by atoms with Crippen molar-refractivity contribution in [1.29, 1.82) is 0 Å². The van der Waals surface area contributed by atoms with Gasteiger partial charge in [-0.2, -0.15) is 0 Å². The Hall–Kier alpha value is -1.69. The first-order chi connectivity index (χ1) is 11.0. The number of nitrogens with two attached hydrogens (primary N) is 1. The number of carbonyl (C=O) groups is 2. The van der Waals surface area contributed by atoms with Crippen LogP contribution in [0.15, 0.2) is 24.3 Å². The van der Waals surface area contributed by atoms with Gasteiger partial charge in [-0.3, -0.25) is 13.8 Å². The SMILES string of the molecule is CC(C(=O)NC1CCCCC1)S(=O)Cc1cccc(C(N)=O)c1. The van der Waals surface area contributed by atoms with E-state index in [-0.39, 0.29) is 17.7 Å². The zero-order chi connectivity index (χ0) is 16.8. The van der Waals surface area contributed by atoms with Gasteiger partial charge in [0, 0.05) is 28.2 Å². The second kappa shape index (κ2) is 8.24. The minimum atomic E-state index is -1.34. The number of carbonyl (C=O) groups excluding carboxylic acids is 2. The van der Waals surface area contributed by atoms with Crippen molar-refractivity contribution < 1.29 is 13.8 Å². The topological polar surface area (TPSA) is 89.3 Å². The molecule has 5 nitrogen and oxygen atoms in total. The molecular weight excluding hydrogens is 312 g/mol. The lowest BCUT2D eigenvalue weighted by Gasteiger charge is -2.24.